The summed E-state index contributed by atoms with van der Waals surface area (Å²) in [7, 11) is 0. The highest BCUT2D eigenvalue weighted by atomic mass is 32.2. The summed E-state index contributed by atoms with van der Waals surface area (Å²) in [4.78, 5) is 32.5. The lowest BCUT2D eigenvalue weighted by molar-refractivity contribution is -0.266. The largest absolute Gasteiger partial charge is 0.472 e. The summed E-state index contributed by atoms with van der Waals surface area (Å²) in [5.74, 6) is -2.13. The summed E-state index contributed by atoms with van der Waals surface area (Å²) in [6.07, 6.45) is 4.09. The van der Waals surface area contributed by atoms with Crippen molar-refractivity contribution in [2.75, 3.05) is 12.3 Å². The van der Waals surface area contributed by atoms with Gasteiger partial charge in [0.05, 0.1) is 37.0 Å². The molecule has 38 heavy (non-hydrogen) atoms. The Labute approximate surface area is 223 Å². The highest BCUT2D eigenvalue weighted by molar-refractivity contribution is 8.14. The van der Waals surface area contributed by atoms with E-state index in [0.29, 0.717) is 19.5 Å². The molecule has 6 rings (SSSR count). The van der Waals surface area contributed by atoms with Crippen LogP contribution in [-0.4, -0.2) is 56.9 Å². The number of hydroxylamine groups is 2. The minimum atomic E-state index is -2.22. The number of alkyl halides is 2. The van der Waals surface area contributed by atoms with Gasteiger partial charge in [0.25, 0.3) is 0 Å². The van der Waals surface area contributed by atoms with Gasteiger partial charge in [-0.15, -0.1) is 0 Å². The van der Waals surface area contributed by atoms with Crippen LogP contribution < -0.4 is 0 Å². The van der Waals surface area contributed by atoms with Gasteiger partial charge < -0.3 is 9.52 Å². The standard InChI is InChI=1S/C28H30F2N2O5S/c1-25-5-3-18(33)10-21(25)22(29)11-20-19-9-17-14-32(13-16-4-7-36-15-16)37-28(17,24(35)38-8-6-31)26(19,2)12-23(34)27(20,25)30/h3-5,7,10,15,17,19-20,22-23,34H,8-9,11-14H2,1-2H3/t17-,19-,20-,22-,23-,25-,26-,27-,28-/m0/s1. The lowest BCUT2D eigenvalue weighted by Gasteiger charge is -2.63. The molecule has 3 saturated carbocycles. The number of nitriles is 1. The smallest absolute Gasteiger partial charge is 0.224 e. The van der Waals surface area contributed by atoms with Crippen molar-refractivity contribution < 1.29 is 32.7 Å². The van der Waals surface area contributed by atoms with E-state index in [0.717, 1.165) is 17.3 Å². The van der Waals surface area contributed by atoms with Crippen molar-refractivity contribution >= 4 is 22.7 Å². The van der Waals surface area contributed by atoms with Gasteiger partial charge in [0, 0.05) is 34.8 Å². The van der Waals surface area contributed by atoms with Gasteiger partial charge in [0.15, 0.2) is 17.1 Å². The first-order valence-corrected chi connectivity index (χ1v) is 14.0. The van der Waals surface area contributed by atoms with E-state index in [4.69, 9.17) is 9.25 Å². The van der Waals surface area contributed by atoms with Gasteiger partial charge in [-0.05, 0) is 55.9 Å². The minimum absolute atomic E-state index is 0.0597. The Morgan fingerprint density at radius 1 is 1.34 bits per heavy atom. The molecule has 5 aliphatic rings. The van der Waals surface area contributed by atoms with Gasteiger partial charge >= 0.3 is 0 Å². The third-order valence-corrected chi connectivity index (χ3v) is 11.0. The number of rotatable bonds is 4. The number of hydrogen-bond donors (Lipinski definition) is 1. The number of thioether (sulfide) groups is 1. The molecule has 0 radical (unpaired) electrons. The normalized spacial score (nSPS) is 45.5. The van der Waals surface area contributed by atoms with E-state index in [1.165, 1.54) is 18.2 Å². The van der Waals surface area contributed by atoms with Crippen molar-refractivity contribution in [3.05, 3.63) is 48.0 Å². The first-order valence-electron chi connectivity index (χ1n) is 13.0. The summed E-state index contributed by atoms with van der Waals surface area (Å²) in [5.41, 5.74) is -5.17. The van der Waals surface area contributed by atoms with E-state index < -0.39 is 52.0 Å². The van der Waals surface area contributed by atoms with Gasteiger partial charge in [-0.2, -0.15) is 10.3 Å². The van der Waals surface area contributed by atoms with Gasteiger partial charge in [-0.25, -0.2) is 8.78 Å². The van der Waals surface area contributed by atoms with E-state index in [9.17, 15) is 20.0 Å². The fourth-order valence-electron chi connectivity index (χ4n) is 8.55. The lowest BCUT2D eigenvalue weighted by atomic mass is 9.44. The predicted molar refractivity (Wildman–Crippen MR) is 134 cm³/mol. The summed E-state index contributed by atoms with van der Waals surface area (Å²) in [6, 6.07) is 3.80. The molecule has 0 bridgehead atoms. The Morgan fingerprint density at radius 3 is 2.84 bits per heavy atom. The SMILES string of the molecule is C[C@]12C=CC(=O)C=C1[C@@H](F)C[C@H]1[C@@H]3C[C@H]4CN(Cc5ccoc5)O[C@@]4(C(=O)SCC#N)[C@@]3(C)C[C@H](O)[C@@]12F. The number of aliphatic hydroxyl groups is 1. The molecule has 4 aliphatic carbocycles. The third kappa shape index (κ3) is 3.16. The van der Waals surface area contributed by atoms with Crippen LogP contribution >= 0.6 is 11.8 Å². The Morgan fingerprint density at radius 2 is 2.13 bits per heavy atom. The number of hydrogen-bond acceptors (Lipinski definition) is 8. The number of halogens is 2. The number of furan rings is 1. The summed E-state index contributed by atoms with van der Waals surface area (Å²) < 4.78 is 38.3. The van der Waals surface area contributed by atoms with Crippen LogP contribution in [0.2, 0.25) is 0 Å². The molecule has 0 unspecified atom stereocenters. The molecule has 1 saturated heterocycles. The van der Waals surface area contributed by atoms with E-state index in [2.05, 4.69) is 0 Å². The molecule has 2 heterocycles. The van der Waals surface area contributed by atoms with Crippen LogP contribution in [0, 0.1) is 39.9 Å². The number of carbonyl (C=O) groups excluding carboxylic acids is 2. The second-order valence-electron chi connectivity index (χ2n) is 11.8. The van der Waals surface area contributed by atoms with Gasteiger partial charge in [-0.1, -0.05) is 24.8 Å². The molecule has 1 N–H and O–H groups in total. The number of allylic oxidation sites excluding steroid dienone is 4. The highest BCUT2D eigenvalue weighted by Gasteiger charge is 2.79. The topological polar surface area (TPSA) is 104 Å². The van der Waals surface area contributed by atoms with E-state index in [1.54, 1.807) is 30.6 Å². The van der Waals surface area contributed by atoms with E-state index in [1.807, 2.05) is 13.0 Å². The number of aliphatic hydroxyl groups excluding tert-OH is 1. The second kappa shape index (κ2) is 8.59. The van der Waals surface area contributed by atoms with Gasteiger partial charge in [0.2, 0.25) is 5.12 Å². The Bertz CT molecular complexity index is 1280. The van der Waals surface area contributed by atoms with Crippen LogP contribution in [0.3, 0.4) is 0 Å². The number of carbonyl (C=O) groups is 2. The quantitative estimate of drug-likeness (QED) is 0.605. The zero-order chi connectivity index (χ0) is 27.1. The second-order valence-corrected chi connectivity index (χ2v) is 12.8. The molecule has 1 aliphatic heterocycles. The first kappa shape index (κ1) is 25.9. The molecule has 1 aromatic heterocycles. The van der Waals surface area contributed by atoms with Gasteiger partial charge in [0.1, 0.15) is 6.17 Å². The zero-order valence-corrected chi connectivity index (χ0v) is 22.0. The molecule has 7 nitrogen and oxygen atoms in total. The number of ketones is 1. The van der Waals surface area contributed by atoms with Crippen molar-refractivity contribution in [1.29, 1.82) is 5.26 Å². The molecule has 10 heteroatoms. The van der Waals surface area contributed by atoms with E-state index >= 15 is 8.78 Å². The fraction of sp³-hybridized carbons (Fsp3) is 0.607. The van der Waals surface area contributed by atoms with Crippen LogP contribution in [0.15, 0.2) is 46.8 Å². The maximum Gasteiger partial charge on any atom is 0.224 e. The molecule has 0 aromatic carbocycles. The summed E-state index contributed by atoms with van der Waals surface area (Å²) >= 11 is 0.876. The minimum Gasteiger partial charge on any atom is -0.472 e. The zero-order valence-electron chi connectivity index (χ0n) is 21.2. The van der Waals surface area contributed by atoms with Gasteiger partial charge in [-0.3, -0.25) is 14.4 Å². The van der Waals surface area contributed by atoms with Crippen molar-refractivity contribution in [3.8, 4) is 6.07 Å². The summed E-state index contributed by atoms with van der Waals surface area (Å²) in [5, 5.41) is 22.2. The molecule has 0 amide bonds. The van der Waals surface area contributed by atoms with Crippen LogP contribution in [0.4, 0.5) is 8.78 Å². The fourth-order valence-corrected chi connectivity index (χ4v) is 9.39. The Balaban J connectivity index is 1.42. The van der Waals surface area contributed by atoms with Crippen molar-refractivity contribution in [3.63, 3.8) is 0 Å². The Kier molecular flexibility index (Phi) is 5.86. The number of nitrogens with zero attached hydrogens (tertiary/aromatic N) is 2. The molecule has 1 aromatic rings. The van der Waals surface area contributed by atoms with Crippen LogP contribution in [0.5, 0.6) is 0 Å². The maximum atomic E-state index is 17.5. The van der Waals surface area contributed by atoms with Crippen LogP contribution in [0.1, 0.15) is 38.7 Å². The molecule has 202 valence electrons. The van der Waals surface area contributed by atoms with Crippen molar-refractivity contribution in [2.45, 2.75) is 63.2 Å². The Hall–Kier alpha value is -2.32. The summed E-state index contributed by atoms with van der Waals surface area (Å²) in [6.45, 7) is 4.19. The highest BCUT2D eigenvalue weighted by Crippen LogP contribution is 2.73. The molecule has 9 atom stereocenters. The van der Waals surface area contributed by atoms with Crippen LogP contribution in [-0.2, 0) is 21.0 Å². The average molecular weight is 545 g/mol. The monoisotopic (exact) mass is 544 g/mol. The predicted octanol–water partition coefficient (Wildman–Crippen LogP) is 4.09. The first-order chi connectivity index (χ1) is 18.0. The van der Waals surface area contributed by atoms with Crippen LogP contribution in [0.25, 0.3) is 0 Å². The molecule has 4 fully saturated rings. The molecule has 0 spiro atoms. The average Bonchev–Trinajstić information content (AvgIpc) is 3.57. The molecular weight excluding hydrogens is 514 g/mol. The lowest BCUT2D eigenvalue weighted by Crippen LogP contribution is -2.70. The van der Waals surface area contributed by atoms with E-state index in [-0.39, 0.29) is 35.2 Å². The van der Waals surface area contributed by atoms with Crippen molar-refractivity contribution in [1.82, 2.24) is 5.06 Å². The maximum absolute atomic E-state index is 17.5. The molecular formula is C28H30F2N2O5S. The third-order valence-electron chi connectivity index (χ3n) is 10.2. The van der Waals surface area contributed by atoms with Crippen molar-refractivity contribution in [2.24, 2.45) is 28.6 Å². The number of fused-ring (bicyclic) bond motifs is 7.